The van der Waals surface area contributed by atoms with Crippen molar-refractivity contribution < 1.29 is 14.3 Å². The third-order valence-electron chi connectivity index (χ3n) is 2.51. The second kappa shape index (κ2) is 4.28. The number of fused-ring (bicyclic) bond motifs is 1. The van der Waals surface area contributed by atoms with Crippen LogP contribution in [0.2, 0.25) is 0 Å². The van der Waals surface area contributed by atoms with Gasteiger partial charge in [-0.25, -0.2) is 4.79 Å². The van der Waals surface area contributed by atoms with Gasteiger partial charge in [0.15, 0.2) is 0 Å². The van der Waals surface area contributed by atoms with Gasteiger partial charge in [0, 0.05) is 5.39 Å². The van der Waals surface area contributed by atoms with E-state index in [0.717, 1.165) is 0 Å². The highest BCUT2D eigenvalue weighted by Crippen LogP contribution is 2.31. The molecule has 7 nitrogen and oxygen atoms in total. The Morgan fingerprint density at radius 2 is 2.06 bits per heavy atom. The standard InChI is InChI=1S/C11H12N4O3/c1-18-6-4-2-3-5-7(9(12)16)10(14-8(5)6)15-11(13)17/h2-4,14H,1H3,(H2,12,16)(H3,13,15,17). The minimum atomic E-state index is -0.789. The molecular weight excluding hydrogens is 236 g/mol. The van der Waals surface area contributed by atoms with Crippen molar-refractivity contribution in [3.63, 3.8) is 0 Å². The largest absolute Gasteiger partial charge is 0.495 e. The zero-order valence-corrected chi connectivity index (χ0v) is 9.61. The maximum absolute atomic E-state index is 11.4. The molecule has 3 amide bonds. The van der Waals surface area contributed by atoms with Crippen molar-refractivity contribution in [2.24, 2.45) is 11.5 Å². The highest BCUT2D eigenvalue weighted by atomic mass is 16.5. The minimum Gasteiger partial charge on any atom is -0.495 e. The number of ether oxygens (including phenoxy) is 1. The van der Waals surface area contributed by atoms with E-state index in [2.05, 4.69) is 10.3 Å². The molecule has 1 heterocycles. The monoisotopic (exact) mass is 248 g/mol. The Kier molecular flexibility index (Phi) is 2.80. The molecule has 0 aliphatic rings. The predicted molar refractivity (Wildman–Crippen MR) is 66.6 cm³/mol. The molecule has 0 fully saturated rings. The van der Waals surface area contributed by atoms with Crippen molar-refractivity contribution in [3.8, 4) is 5.75 Å². The summed E-state index contributed by atoms with van der Waals surface area (Å²) in [5, 5.41) is 2.88. The first-order chi connectivity index (χ1) is 8.54. The second-order valence-corrected chi connectivity index (χ2v) is 3.61. The summed E-state index contributed by atoms with van der Waals surface area (Å²) in [4.78, 5) is 25.2. The fourth-order valence-electron chi connectivity index (χ4n) is 1.83. The number of benzene rings is 1. The predicted octanol–water partition coefficient (Wildman–Crippen LogP) is 0.766. The molecule has 0 saturated heterocycles. The van der Waals surface area contributed by atoms with E-state index in [1.54, 1.807) is 18.2 Å². The summed E-state index contributed by atoms with van der Waals surface area (Å²) < 4.78 is 5.15. The van der Waals surface area contributed by atoms with E-state index >= 15 is 0 Å². The topological polar surface area (TPSA) is 123 Å². The average Bonchev–Trinajstić information content (AvgIpc) is 2.65. The van der Waals surface area contributed by atoms with E-state index < -0.39 is 11.9 Å². The average molecular weight is 248 g/mol. The van der Waals surface area contributed by atoms with E-state index in [0.29, 0.717) is 16.7 Å². The molecule has 94 valence electrons. The van der Waals surface area contributed by atoms with Crippen molar-refractivity contribution in [1.29, 1.82) is 0 Å². The van der Waals surface area contributed by atoms with Gasteiger partial charge in [-0.2, -0.15) is 0 Å². The Hall–Kier alpha value is -2.70. The third-order valence-corrected chi connectivity index (χ3v) is 2.51. The Labute approximate surface area is 102 Å². The van der Waals surface area contributed by atoms with Gasteiger partial charge in [-0.05, 0) is 6.07 Å². The van der Waals surface area contributed by atoms with Crippen LogP contribution in [-0.4, -0.2) is 24.0 Å². The summed E-state index contributed by atoms with van der Waals surface area (Å²) in [5.74, 6) is 0.0280. The van der Waals surface area contributed by atoms with Crippen LogP contribution in [0.3, 0.4) is 0 Å². The summed E-state index contributed by atoms with van der Waals surface area (Å²) in [6, 6.07) is 4.34. The SMILES string of the molecule is COc1cccc2c(C(N)=O)c(NC(N)=O)[nH]c12. The number of primary amides is 2. The van der Waals surface area contributed by atoms with Gasteiger partial charge < -0.3 is 21.2 Å². The Morgan fingerprint density at radius 1 is 1.33 bits per heavy atom. The summed E-state index contributed by atoms with van der Waals surface area (Å²) in [6.45, 7) is 0. The third kappa shape index (κ3) is 1.81. The summed E-state index contributed by atoms with van der Waals surface area (Å²) >= 11 is 0. The Balaban J connectivity index is 2.74. The van der Waals surface area contributed by atoms with Crippen LogP contribution >= 0.6 is 0 Å². The molecule has 0 saturated carbocycles. The fourth-order valence-corrected chi connectivity index (χ4v) is 1.83. The molecule has 2 rings (SSSR count). The molecule has 1 aromatic carbocycles. The molecule has 18 heavy (non-hydrogen) atoms. The van der Waals surface area contributed by atoms with Crippen molar-refractivity contribution in [2.45, 2.75) is 0 Å². The Bertz CT molecular complexity index is 632. The number of carbonyl (C=O) groups is 2. The molecule has 0 aliphatic heterocycles. The molecule has 0 aliphatic carbocycles. The van der Waals surface area contributed by atoms with Crippen molar-refractivity contribution in [2.75, 3.05) is 12.4 Å². The van der Waals surface area contributed by atoms with E-state index in [9.17, 15) is 9.59 Å². The normalized spacial score (nSPS) is 10.3. The van der Waals surface area contributed by atoms with Crippen LogP contribution in [0.15, 0.2) is 18.2 Å². The van der Waals surface area contributed by atoms with Crippen LogP contribution in [-0.2, 0) is 0 Å². The van der Waals surface area contributed by atoms with Crippen molar-refractivity contribution in [3.05, 3.63) is 23.8 Å². The van der Waals surface area contributed by atoms with Gasteiger partial charge in [0.1, 0.15) is 11.6 Å². The molecule has 2 aromatic rings. The van der Waals surface area contributed by atoms with Crippen LogP contribution < -0.4 is 21.5 Å². The van der Waals surface area contributed by atoms with E-state index in [-0.39, 0.29) is 11.4 Å². The molecule has 0 atom stereocenters. The lowest BCUT2D eigenvalue weighted by Gasteiger charge is -2.00. The van der Waals surface area contributed by atoms with Gasteiger partial charge in [-0.3, -0.25) is 10.1 Å². The Morgan fingerprint density at radius 3 is 2.61 bits per heavy atom. The number of hydrogen-bond acceptors (Lipinski definition) is 3. The molecule has 0 unspecified atom stereocenters. The van der Waals surface area contributed by atoms with Gasteiger partial charge in [0.05, 0.1) is 18.2 Å². The first-order valence-corrected chi connectivity index (χ1v) is 5.09. The summed E-state index contributed by atoms with van der Waals surface area (Å²) in [5.41, 5.74) is 11.1. The number of nitrogens with two attached hydrogens (primary N) is 2. The van der Waals surface area contributed by atoms with Gasteiger partial charge in [0.2, 0.25) is 0 Å². The number of aromatic amines is 1. The number of methoxy groups -OCH3 is 1. The molecule has 0 radical (unpaired) electrons. The number of aromatic nitrogens is 1. The number of amides is 3. The zero-order valence-electron chi connectivity index (χ0n) is 9.61. The molecule has 1 aromatic heterocycles. The van der Waals surface area contributed by atoms with Gasteiger partial charge in [0.25, 0.3) is 5.91 Å². The van der Waals surface area contributed by atoms with Crippen LogP contribution in [0.1, 0.15) is 10.4 Å². The number of nitrogens with one attached hydrogen (secondary N) is 2. The maximum Gasteiger partial charge on any atom is 0.317 e. The molecule has 0 spiro atoms. The summed E-state index contributed by atoms with van der Waals surface area (Å²) in [6.07, 6.45) is 0. The lowest BCUT2D eigenvalue weighted by atomic mass is 10.1. The first kappa shape index (κ1) is 11.8. The van der Waals surface area contributed by atoms with E-state index in [4.69, 9.17) is 16.2 Å². The number of carbonyl (C=O) groups excluding carboxylic acids is 2. The van der Waals surface area contributed by atoms with Crippen LogP contribution in [0.25, 0.3) is 10.9 Å². The highest BCUT2D eigenvalue weighted by Gasteiger charge is 2.19. The first-order valence-electron chi connectivity index (χ1n) is 5.09. The molecular formula is C11H12N4O3. The van der Waals surface area contributed by atoms with Crippen molar-refractivity contribution in [1.82, 2.24) is 4.98 Å². The van der Waals surface area contributed by atoms with Crippen LogP contribution in [0, 0.1) is 0 Å². The molecule has 0 bridgehead atoms. The zero-order chi connectivity index (χ0) is 13.3. The maximum atomic E-state index is 11.4. The minimum absolute atomic E-state index is 0.162. The van der Waals surface area contributed by atoms with Crippen LogP contribution in [0.4, 0.5) is 10.6 Å². The quantitative estimate of drug-likeness (QED) is 0.641. The summed E-state index contributed by atoms with van der Waals surface area (Å²) in [7, 11) is 1.50. The van der Waals surface area contributed by atoms with Gasteiger partial charge in [-0.15, -0.1) is 0 Å². The number of para-hydroxylation sites is 1. The second-order valence-electron chi connectivity index (χ2n) is 3.61. The van der Waals surface area contributed by atoms with Gasteiger partial charge >= 0.3 is 6.03 Å². The lowest BCUT2D eigenvalue weighted by molar-refractivity contribution is 0.100. The smallest absolute Gasteiger partial charge is 0.317 e. The number of hydrogen-bond donors (Lipinski definition) is 4. The molecule has 7 heteroatoms. The molecule has 6 N–H and O–H groups in total. The highest BCUT2D eigenvalue weighted by molar-refractivity contribution is 6.13. The lowest BCUT2D eigenvalue weighted by Crippen LogP contribution is -2.22. The van der Waals surface area contributed by atoms with Crippen LogP contribution in [0.5, 0.6) is 5.75 Å². The fraction of sp³-hybridized carbons (Fsp3) is 0.0909. The van der Waals surface area contributed by atoms with E-state index in [1.165, 1.54) is 7.11 Å². The number of H-pyrrole nitrogens is 1. The van der Waals surface area contributed by atoms with E-state index in [1.807, 2.05) is 0 Å². The number of urea groups is 1. The van der Waals surface area contributed by atoms with Gasteiger partial charge in [-0.1, -0.05) is 12.1 Å². The van der Waals surface area contributed by atoms with Crippen molar-refractivity contribution >= 4 is 28.7 Å². The number of rotatable bonds is 3. The number of anilines is 1.